The first-order valence-electron chi connectivity index (χ1n) is 12.8. The number of carbonyl (C=O) groups is 3. The summed E-state index contributed by atoms with van der Waals surface area (Å²) in [6, 6.07) is 3.95. The summed E-state index contributed by atoms with van der Waals surface area (Å²) in [6.45, 7) is 20.8. The SMILES string of the molecule is CCCC(C)NC(=O)C(c1cc(C)ccc1C)N(C(=O)C(NC(=O)OC(C)(C)C)C(C)C)C(C)C. The number of rotatable bonds is 10. The molecule has 0 bridgehead atoms. The molecule has 0 saturated heterocycles. The second kappa shape index (κ2) is 12.9. The van der Waals surface area contributed by atoms with Gasteiger partial charge in [0.15, 0.2) is 0 Å². The van der Waals surface area contributed by atoms with Gasteiger partial charge in [0.2, 0.25) is 11.8 Å². The molecule has 1 rings (SSSR count). The normalized spacial score (nSPS) is 14.3. The van der Waals surface area contributed by atoms with Gasteiger partial charge in [-0.15, -0.1) is 0 Å². The zero-order chi connectivity index (χ0) is 27.1. The lowest BCUT2D eigenvalue weighted by Gasteiger charge is -2.39. The molecule has 1 aromatic rings. The maximum absolute atomic E-state index is 14.0. The van der Waals surface area contributed by atoms with Crippen molar-refractivity contribution in [1.29, 1.82) is 0 Å². The smallest absolute Gasteiger partial charge is 0.408 e. The Morgan fingerprint density at radius 3 is 2.09 bits per heavy atom. The molecular weight excluding hydrogens is 442 g/mol. The van der Waals surface area contributed by atoms with E-state index < -0.39 is 23.8 Å². The van der Waals surface area contributed by atoms with Gasteiger partial charge in [-0.05, 0) is 78.9 Å². The Morgan fingerprint density at radius 2 is 1.60 bits per heavy atom. The molecule has 0 heterocycles. The fraction of sp³-hybridized carbons (Fsp3) is 0.679. The number of amides is 3. The Hall–Kier alpha value is -2.57. The van der Waals surface area contributed by atoms with Gasteiger partial charge in [-0.25, -0.2) is 4.79 Å². The number of carbonyl (C=O) groups excluding carboxylic acids is 3. The number of alkyl carbamates (subject to hydrolysis) is 1. The predicted molar refractivity (Wildman–Crippen MR) is 141 cm³/mol. The molecule has 0 spiro atoms. The van der Waals surface area contributed by atoms with E-state index in [2.05, 4.69) is 17.6 Å². The van der Waals surface area contributed by atoms with Gasteiger partial charge in [0.05, 0.1) is 0 Å². The number of hydrogen-bond acceptors (Lipinski definition) is 4. The van der Waals surface area contributed by atoms with Gasteiger partial charge in [-0.3, -0.25) is 9.59 Å². The van der Waals surface area contributed by atoms with Gasteiger partial charge >= 0.3 is 6.09 Å². The van der Waals surface area contributed by atoms with Gasteiger partial charge < -0.3 is 20.3 Å². The van der Waals surface area contributed by atoms with E-state index in [1.165, 1.54) is 0 Å². The molecular formula is C28H47N3O4. The highest BCUT2D eigenvalue weighted by molar-refractivity contribution is 5.92. The molecule has 3 amide bonds. The first-order chi connectivity index (χ1) is 16.1. The summed E-state index contributed by atoms with van der Waals surface area (Å²) in [6.07, 6.45) is 1.13. The second-order valence-electron chi connectivity index (χ2n) is 11.2. The molecule has 35 heavy (non-hydrogen) atoms. The molecule has 0 aromatic heterocycles. The molecule has 0 aliphatic heterocycles. The lowest BCUT2D eigenvalue weighted by molar-refractivity contribution is -0.145. The summed E-state index contributed by atoms with van der Waals surface area (Å²) < 4.78 is 5.42. The van der Waals surface area contributed by atoms with Crippen molar-refractivity contribution in [3.05, 3.63) is 34.9 Å². The third-order valence-corrected chi connectivity index (χ3v) is 5.78. The molecule has 2 N–H and O–H groups in total. The monoisotopic (exact) mass is 489 g/mol. The van der Waals surface area contributed by atoms with Crippen LogP contribution in [0.4, 0.5) is 4.79 Å². The van der Waals surface area contributed by atoms with Crippen LogP contribution in [-0.4, -0.2) is 46.5 Å². The number of nitrogens with one attached hydrogen (secondary N) is 2. The van der Waals surface area contributed by atoms with Crippen molar-refractivity contribution in [2.45, 2.75) is 119 Å². The summed E-state index contributed by atoms with van der Waals surface area (Å²) in [5, 5.41) is 5.87. The van der Waals surface area contributed by atoms with Crippen molar-refractivity contribution >= 4 is 17.9 Å². The Kier molecular flexibility index (Phi) is 11.3. The molecule has 0 radical (unpaired) electrons. The van der Waals surface area contributed by atoms with E-state index in [1.54, 1.807) is 25.7 Å². The van der Waals surface area contributed by atoms with Crippen molar-refractivity contribution in [3.63, 3.8) is 0 Å². The van der Waals surface area contributed by atoms with E-state index in [-0.39, 0.29) is 29.8 Å². The van der Waals surface area contributed by atoms with Crippen LogP contribution in [-0.2, 0) is 14.3 Å². The van der Waals surface area contributed by atoms with Crippen LogP contribution in [0.2, 0.25) is 0 Å². The quantitative estimate of drug-likeness (QED) is 0.458. The topological polar surface area (TPSA) is 87.7 Å². The molecule has 7 nitrogen and oxygen atoms in total. The van der Waals surface area contributed by atoms with Crippen LogP contribution in [0.5, 0.6) is 0 Å². The van der Waals surface area contributed by atoms with Crippen molar-refractivity contribution in [1.82, 2.24) is 15.5 Å². The highest BCUT2D eigenvalue weighted by Crippen LogP contribution is 2.29. The molecule has 3 atom stereocenters. The Balaban J connectivity index is 3.53. The van der Waals surface area contributed by atoms with Crippen LogP contribution in [0.15, 0.2) is 18.2 Å². The molecule has 0 fully saturated rings. The van der Waals surface area contributed by atoms with Crippen LogP contribution >= 0.6 is 0 Å². The summed E-state index contributed by atoms with van der Waals surface area (Å²) in [7, 11) is 0. The summed E-state index contributed by atoms with van der Waals surface area (Å²) in [5.41, 5.74) is 2.03. The largest absolute Gasteiger partial charge is 0.444 e. The van der Waals surface area contributed by atoms with E-state index in [1.807, 2.05) is 66.7 Å². The maximum Gasteiger partial charge on any atom is 0.408 e. The number of ether oxygens (including phenoxy) is 1. The number of benzene rings is 1. The van der Waals surface area contributed by atoms with Crippen LogP contribution in [0.25, 0.3) is 0 Å². The Labute approximate surface area is 212 Å². The lowest BCUT2D eigenvalue weighted by atomic mass is 9.93. The van der Waals surface area contributed by atoms with Gasteiger partial charge in [0, 0.05) is 12.1 Å². The van der Waals surface area contributed by atoms with Gasteiger partial charge in [-0.1, -0.05) is 51.0 Å². The van der Waals surface area contributed by atoms with E-state index >= 15 is 0 Å². The Bertz CT molecular complexity index is 873. The fourth-order valence-electron chi connectivity index (χ4n) is 4.09. The molecule has 7 heteroatoms. The predicted octanol–water partition coefficient (Wildman–Crippen LogP) is 5.44. The molecule has 0 aliphatic carbocycles. The highest BCUT2D eigenvalue weighted by atomic mass is 16.6. The van der Waals surface area contributed by atoms with E-state index in [0.717, 1.165) is 29.5 Å². The minimum atomic E-state index is -0.847. The molecule has 0 saturated carbocycles. The summed E-state index contributed by atoms with van der Waals surface area (Å²) in [4.78, 5) is 41.9. The lowest BCUT2D eigenvalue weighted by Crippen LogP contribution is -2.57. The summed E-state index contributed by atoms with van der Waals surface area (Å²) in [5.74, 6) is -0.746. The highest BCUT2D eigenvalue weighted by Gasteiger charge is 2.39. The molecule has 0 aliphatic rings. The zero-order valence-electron chi connectivity index (χ0n) is 23.6. The molecule has 3 unspecified atom stereocenters. The van der Waals surface area contributed by atoms with Crippen molar-refractivity contribution in [3.8, 4) is 0 Å². The summed E-state index contributed by atoms with van der Waals surface area (Å²) >= 11 is 0. The zero-order valence-corrected chi connectivity index (χ0v) is 23.6. The third-order valence-electron chi connectivity index (χ3n) is 5.78. The number of aryl methyl sites for hydroxylation is 2. The minimum Gasteiger partial charge on any atom is -0.444 e. The van der Waals surface area contributed by atoms with E-state index in [0.29, 0.717) is 0 Å². The van der Waals surface area contributed by atoms with Gasteiger partial charge in [0.1, 0.15) is 17.7 Å². The van der Waals surface area contributed by atoms with Crippen molar-refractivity contribution < 1.29 is 19.1 Å². The average Bonchev–Trinajstić information content (AvgIpc) is 2.69. The second-order valence-corrected chi connectivity index (χ2v) is 11.2. The molecule has 198 valence electrons. The van der Waals surface area contributed by atoms with Gasteiger partial charge in [0.25, 0.3) is 0 Å². The van der Waals surface area contributed by atoms with Gasteiger partial charge in [-0.2, -0.15) is 0 Å². The first kappa shape index (κ1) is 30.5. The average molecular weight is 490 g/mol. The van der Waals surface area contributed by atoms with Crippen LogP contribution in [0.1, 0.15) is 97.9 Å². The fourth-order valence-corrected chi connectivity index (χ4v) is 4.09. The van der Waals surface area contributed by atoms with E-state index in [4.69, 9.17) is 4.74 Å². The van der Waals surface area contributed by atoms with Crippen LogP contribution in [0, 0.1) is 19.8 Å². The first-order valence-corrected chi connectivity index (χ1v) is 12.8. The standard InChI is InChI=1S/C28H47N3O4/c1-12-13-21(8)29-25(32)24(22-16-19(6)14-15-20(22)7)31(18(4)5)26(33)23(17(2)3)30-27(34)35-28(9,10)11/h14-18,21,23-24H,12-13H2,1-11H3,(H,29,32)(H,30,34). The van der Waals surface area contributed by atoms with Crippen LogP contribution < -0.4 is 10.6 Å². The number of hydrogen-bond donors (Lipinski definition) is 2. The molecule has 1 aromatic carbocycles. The van der Waals surface area contributed by atoms with E-state index in [9.17, 15) is 14.4 Å². The Morgan fingerprint density at radius 1 is 1.00 bits per heavy atom. The minimum absolute atomic E-state index is 0.0231. The van der Waals surface area contributed by atoms with Crippen LogP contribution in [0.3, 0.4) is 0 Å². The number of nitrogens with zero attached hydrogens (tertiary/aromatic N) is 1. The van der Waals surface area contributed by atoms with Crippen molar-refractivity contribution in [2.75, 3.05) is 0 Å². The maximum atomic E-state index is 14.0. The van der Waals surface area contributed by atoms with Crippen molar-refractivity contribution in [2.24, 2.45) is 5.92 Å². The third kappa shape index (κ3) is 9.19.